The van der Waals surface area contributed by atoms with Gasteiger partial charge in [-0.1, -0.05) is 30.3 Å². The van der Waals surface area contributed by atoms with Gasteiger partial charge < -0.3 is 14.8 Å². The van der Waals surface area contributed by atoms with Crippen LogP contribution < -0.4 is 10.9 Å². The van der Waals surface area contributed by atoms with Gasteiger partial charge in [0, 0.05) is 12.5 Å². The van der Waals surface area contributed by atoms with Gasteiger partial charge in [0.1, 0.15) is 18.3 Å². The summed E-state index contributed by atoms with van der Waals surface area (Å²) in [7, 11) is 0. The third-order valence-electron chi connectivity index (χ3n) is 3.85. The molecule has 2 N–H and O–H groups in total. The summed E-state index contributed by atoms with van der Waals surface area (Å²) in [6, 6.07) is 14.0. The zero-order chi connectivity index (χ0) is 19.2. The number of carbonyl (C=O) groups excluding carboxylic acids is 1. The average Bonchev–Trinajstić information content (AvgIpc) is 3.18. The zero-order valence-corrected chi connectivity index (χ0v) is 14.2. The van der Waals surface area contributed by atoms with Crippen molar-refractivity contribution in [1.29, 1.82) is 0 Å². The molecule has 0 fully saturated rings. The predicted octanol–water partition coefficient (Wildman–Crippen LogP) is 1.32. The number of aromatic nitrogens is 2. The van der Waals surface area contributed by atoms with Crippen LogP contribution in [0.2, 0.25) is 0 Å². The number of nitrogens with one attached hydrogen (secondary N) is 1. The maximum Gasteiger partial charge on any atom is 0.326 e. The number of benzene rings is 1. The Hall–Kier alpha value is -3.68. The number of hydrogen-bond acceptors (Lipinski definition) is 5. The number of hydrogen-bond donors (Lipinski definition) is 2. The molecule has 138 valence electrons. The highest BCUT2D eigenvalue weighted by molar-refractivity contribution is 5.83. The topological polar surface area (TPSA) is 114 Å². The van der Waals surface area contributed by atoms with Gasteiger partial charge in [-0.25, -0.2) is 9.48 Å². The molecule has 0 bridgehead atoms. The number of aliphatic carboxylic acids is 1. The minimum Gasteiger partial charge on any atom is -0.480 e. The van der Waals surface area contributed by atoms with Crippen molar-refractivity contribution in [1.82, 2.24) is 15.1 Å². The van der Waals surface area contributed by atoms with E-state index >= 15 is 0 Å². The van der Waals surface area contributed by atoms with Gasteiger partial charge in [-0.15, -0.1) is 0 Å². The molecule has 0 aliphatic carbocycles. The lowest BCUT2D eigenvalue weighted by atomic mass is 10.1. The summed E-state index contributed by atoms with van der Waals surface area (Å²) in [4.78, 5) is 35.7. The Morgan fingerprint density at radius 1 is 1.11 bits per heavy atom. The zero-order valence-electron chi connectivity index (χ0n) is 14.2. The molecule has 2 aromatic heterocycles. The van der Waals surface area contributed by atoms with E-state index in [-0.39, 0.29) is 6.42 Å². The second kappa shape index (κ2) is 8.13. The number of carbonyl (C=O) groups is 2. The van der Waals surface area contributed by atoms with Gasteiger partial charge in [-0.2, -0.15) is 5.10 Å². The highest BCUT2D eigenvalue weighted by Crippen LogP contribution is 2.15. The van der Waals surface area contributed by atoms with E-state index in [9.17, 15) is 19.5 Å². The molecule has 0 saturated heterocycles. The van der Waals surface area contributed by atoms with Crippen LogP contribution in [0.5, 0.6) is 0 Å². The van der Waals surface area contributed by atoms with E-state index in [1.807, 2.05) is 6.07 Å². The van der Waals surface area contributed by atoms with Crippen molar-refractivity contribution in [3.63, 3.8) is 0 Å². The fraction of sp³-hybridized carbons (Fsp3) is 0.158. The highest BCUT2D eigenvalue weighted by atomic mass is 16.4. The van der Waals surface area contributed by atoms with Gasteiger partial charge in [0.15, 0.2) is 5.76 Å². The summed E-state index contributed by atoms with van der Waals surface area (Å²) in [5.74, 6) is -1.32. The Bertz CT molecular complexity index is 980. The van der Waals surface area contributed by atoms with Crippen molar-refractivity contribution >= 4 is 11.9 Å². The van der Waals surface area contributed by atoms with E-state index in [0.29, 0.717) is 11.5 Å². The van der Waals surface area contributed by atoms with E-state index < -0.39 is 30.0 Å². The molecule has 3 aromatic rings. The van der Waals surface area contributed by atoms with Gasteiger partial charge in [-0.3, -0.25) is 9.59 Å². The summed E-state index contributed by atoms with van der Waals surface area (Å²) in [5, 5.41) is 15.9. The molecule has 1 atom stereocenters. The van der Waals surface area contributed by atoms with E-state index in [0.717, 1.165) is 10.2 Å². The Labute approximate surface area is 154 Å². The number of furan rings is 1. The first-order chi connectivity index (χ1) is 13.0. The van der Waals surface area contributed by atoms with Crippen molar-refractivity contribution in [2.45, 2.75) is 19.0 Å². The van der Waals surface area contributed by atoms with E-state index in [1.54, 1.807) is 36.4 Å². The molecule has 27 heavy (non-hydrogen) atoms. The number of amides is 1. The lowest BCUT2D eigenvalue weighted by Gasteiger charge is -2.15. The average molecular weight is 367 g/mol. The summed E-state index contributed by atoms with van der Waals surface area (Å²) >= 11 is 0. The van der Waals surface area contributed by atoms with Crippen molar-refractivity contribution < 1.29 is 19.1 Å². The molecule has 1 amide bonds. The molecule has 2 heterocycles. The van der Waals surface area contributed by atoms with Crippen LogP contribution in [0.3, 0.4) is 0 Å². The monoisotopic (exact) mass is 367 g/mol. The van der Waals surface area contributed by atoms with Gasteiger partial charge >= 0.3 is 5.97 Å². The minimum atomic E-state index is -1.16. The molecule has 0 aliphatic heterocycles. The maximum absolute atomic E-state index is 12.3. The van der Waals surface area contributed by atoms with Crippen molar-refractivity contribution in [3.05, 3.63) is 76.8 Å². The summed E-state index contributed by atoms with van der Waals surface area (Å²) in [6.07, 6.45) is 1.61. The third kappa shape index (κ3) is 4.69. The van der Waals surface area contributed by atoms with E-state index in [1.165, 1.54) is 18.4 Å². The Morgan fingerprint density at radius 3 is 2.56 bits per heavy atom. The Morgan fingerprint density at radius 2 is 1.89 bits per heavy atom. The van der Waals surface area contributed by atoms with E-state index in [2.05, 4.69) is 10.4 Å². The van der Waals surface area contributed by atoms with Crippen LogP contribution in [-0.2, 0) is 22.6 Å². The number of nitrogens with zero attached hydrogens (tertiary/aromatic N) is 2. The fourth-order valence-electron chi connectivity index (χ4n) is 2.54. The quantitative estimate of drug-likeness (QED) is 0.651. The van der Waals surface area contributed by atoms with Crippen LogP contribution in [0.15, 0.2) is 70.1 Å². The second-order valence-electron chi connectivity index (χ2n) is 5.84. The lowest BCUT2D eigenvalue weighted by molar-refractivity contribution is -0.141. The van der Waals surface area contributed by atoms with E-state index in [4.69, 9.17) is 4.42 Å². The largest absolute Gasteiger partial charge is 0.480 e. The van der Waals surface area contributed by atoms with Crippen LogP contribution >= 0.6 is 0 Å². The van der Waals surface area contributed by atoms with Crippen LogP contribution in [0.4, 0.5) is 0 Å². The number of carboxylic acid groups (broad SMARTS) is 1. The molecule has 8 nitrogen and oxygen atoms in total. The smallest absolute Gasteiger partial charge is 0.326 e. The van der Waals surface area contributed by atoms with Gasteiger partial charge in [0.25, 0.3) is 5.56 Å². The maximum atomic E-state index is 12.3. The molecule has 0 radical (unpaired) electrons. The normalized spacial score (nSPS) is 11.7. The molecule has 1 unspecified atom stereocenters. The highest BCUT2D eigenvalue weighted by Gasteiger charge is 2.21. The first-order valence-electron chi connectivity index (χ1n) is 8.21. The minimum absolute atomic E-state index is 0.136. The third-order valence-corrected chi connectivity index (χ3v) is 3.85. The molecular weight excluding hydrogens is 350 g/mol. The van der Waals surface area contributed by atoms with Gasteiger partial charge in [0.2, 0.25) is 5.91 Å². The molecule has 0 spiro atoms. The van der Waals surface area contributed by atoms with Crippen molar-refractivity contribution in [2.24, 2.45) is 0 Å². The van der Waals surface area contributed by atoms with Crippen LogP contribution in [0.25, 0.3) is 11.5 Å². The SMILES string of the molecule is O=C(Cn1nc(-c2ccco2)ccc1=O)NC(Cc1ccccc1)C(=O)O. The summed E-state index contributed by atoms with van der Waals surface area (Å²) in [5.41, 5.74) is 0.696. The van der Waals surface area contributed by atoms with Crippen LogP contribution in [0, 0.1) is 0 Å². The van der Waals surface area contributed by atoms with Gasteiger partial charge in [0.05, 0.1) is 6.26 Å². The van der Waals surface area contributed by atoms with Gasteiger partial charge in [-0.05, 0) is 23.8 Å². The lowest BCUT2D eigenvalue weighted by Crippen LogP contribution is -2.44. The Kier molecular flexibility index (Phi) is 5.46. The molecule has 0 aliphatic rings. The number of carboxylic acids is 1. The molecule has 1 aromatic carbocycles. The van der Waals surface area contributed by atoms with Crippen molar-refractivity contribution in [3.8, 4) is 11.5 Å². The summed E-state index contributed by atoms with van der Waals surface area (Å²) in [6.45, 7) is -0.397. The standard InChI is InChI=1S/C19H17N3O5/c23-17(20-15(19(25)26)11-13-5-2-1-3-6-13)12-22-18(24)9-8-14(21-22)16-7-4-10-27-16/h1-10,15H,11-12H2,(H,20,23)(H,25,26). The number of rotatable bonds is 7. The first-order valence-corrected chi connectivity index (χ1v) is 8.21. The van der Waals surface area contributed by atoms with Crippen LogP contribution in [-0.4, -0.2) is 32.8 Å². The summed E-state index contributed by atoms with van der Waals surface area (Å²) < 4.78 is 6.19. The molecular formula is C19H17N3O5. The Balaban J connectivity index is 1.71. The van der Waals surface area contributed by atoms with Crippen molar-refractivity contribution in [2.75, 3.05) is 0 Å². The first kappa shape index (κ1) is 18.1. The fourth-order valence-corrected chi connectivity index (χ4v) is 2.54. The molecule has 0 saturated carbocycles. The predicted molar refractivity (Wildman–Crippen MR) is 95.9 cm³/mol. The van der Waals surface area contributed by atoms with Crippen LogP contribution in [0.1, 0.15) is 5.56 Å². The molecule has 8 heteroatoms. The molecule has 3 rings (SSSR count). The second-order valence-corrected chi connectivity index (χ2v) is 5.84.